The van der Waals surface area contributed by atoms with Gasteiger partial charge in [0.15, 0.2) is 0 Å². The highest BCUT2D eigenvalue weighted by Gasteiger charge is 2.34. The zero-order valence-electron chi connectivity index (χ0n) is 15.0. The lowest BCUT2D eigenvalue weighted by atomic mass is 10.0. The molecule has 3 rings (SSSR count). The lowest BCUT2D eigenvalue weighted by molar-refractivity contribution is -0.131. The summed E-state index contributed by atoms with van der Waals surface area (Å²) in [7, 11) is 1.79. The van der Waals surface area contributed by atoms with Gasteiger partial charge in [0.2, 0.25) is 11.8 Å². The molecule has 0 bridgehead atoms. The molecule has 0 saturated carbocycles. The Kier molecular flexibility index (Phi) is 6.62. The number of nitrogens with one attached hydrogen (secondary N) is 1. The minimum Gasteiger partial charge on any atom is -0.442 e. The van der Waals surface area contributed by atoms with Gasteiger partial charge in [0.25, 0.3) is 0 Å². The highest BCUT2D eigenvalue weighted by Crippen LogP contribution is 2.37. The fourth-order valence-electron chi connectivity index (χ4n) is 3.26. The van der Waals surface area contributed by atoms with Crippen LogP contribution in [0.25, 0.3) is 11.3 Å². The second-order valence-corrected chi connectivity index (χ2v) is 6.56. The number of halogens is 1. The second-order valence-electron chi connectivity index (χ2n) is 6.56. The standard InChI is InChI=1S/C19H25N3O2.ClH/c1-13(2)18-17(14-8-5-4-6-9-14)21-19(24-18)15-10-7-11-22(15)16(23)12-20-3;/h4-6,8-9,13,15,20H,7,10-12H2,1-3H3;1H. The van der Waals surface area contributed by atoms with E-state index < -0.39 is 0 Å². The molecule has 1 amide bonds. The Balaban J connectivity index is 0.00000225. The van der Waals surface area contributed by atoms with E-state index in [1.807, 2.05) is 35.2 Å². The Hall–Kier alpha value is -1.85. The third kappa shape index (κ3) is 4.05. The third-order valence-corrected chi connectivity index (χ3v) is 4.43. The number of likely N-dealkylation sites (N-methyl/N-ethyl adjacent to an activating group) is 1. The van der Waals surface area contributed by atoms with Crippen LogP contribution in [0.1, 0.15) is 50.3 Å². The molecule has 1 aromatic heterocycles. The summed E-state index contributed by atoms with van der Waals surface area (Å²) in [5, 5.41) is 2.93. The van der Waals surface area contributed by atoms with Gasteiger partial charge in [-0.05, 0) is 19.9 Å². The molecule has 5 nitrogen and oxygen atoms in total. The van der Waals surface area contributed by atoms with E-state index in [4.69, 9.17) is 9.40 Å². The molecule has 1 aliphatic heterocycles. The van der Waals surface area contributed by atoms with E-state index in [0.717, 1.165) is 36.4 Å². The van der Waals surface area contributed by atoms with Crippen LogP contribution in [0, 0.1) is 0 Å². The van der Waals surface area contributed by atoms with Gasteiger partial charge in [0, 0.05) is 18.0 Å². The largest absolute Gasteiger partial charge is 0.442 e. The zero-order chi connectivity index (χ0) is 17.1. The molecule has 1 aromatic carbocycles. The smallest absolute Gasteiger partial charge is 0.237 e. The molecule has 2 heterocycles. The van der Waals surface area contributed by atoms with Crippen LogP contribution in [-0.2, 0) is 4.79 Å². The van der Waals surface area contributed by atoms with Crippen molar-refractivity contribution in [3.63, 3.8) is 0 Å². The van der Waals surface area contributed by atoms with Gasteiger partial charge >= 0.3 is 0 Å². The zero-order valence-corrected chi connectivity index (χ0v) is 15.8. The molecule has 1 fully saturated rings. The fourth-order valence-corrected chi connectivity index (χ4v) is 3.26. The molecule has 0 radical (unpaired) electrons. The number of rotatable bonds is 5. The summed E-state index contributed by atoms with van der Waals surface area (Å²) in [6.45, 7) is 5.33. The van der Waals surface area contributed by atoms with E-state index in [-0.39, 0.29) is 30.3 Å². The average molecular weight is 364 g/mol. The van der Waals surface area contributed by atoms with Crippen LogP contribution in [0.3, 0.4) is 0 Å². The van der Waals surface area contributed by atoms with Gasteiger partial charge in [-0.15, -0.1) is 12.4 Å². The number of oxazole rings is 1. The fraction of sp³-hybridized carbons (Fsp3) is 0.474. The monoisotopic (exact) mass is 363 g/mol. The number of amides is 1. The SMILES string of the molecule is CNCC(=O)N1CCCC1c1nc(-c2ccccc2)c(C(C)C)o1.Cl. The molecule has 25 heavy (non-hydrogen) atoms. The first-order chi connectivity index (χ1) is 11.6. The van der Waals surface area contributed by atoms with Gasteiger partial charge in [-0.25, -0.2) is 4.98 Å². The lowest BCUT2D eigenvalue weighted by Gasteiger charge is -2.22. The maximum Gasteiger partial charge on any atom is 0.237 e. The molecule has 2 aromatic rings. The number of hydrogen-bond donors (Lipinski definition) is 1. The molecule has 136 valence electrons. The molecule has 1 saturated heterocycles. The van der Waals surface area contributed by atoms with E-state index in [1.54, 1.807) is 7.05 Å². The van der Waals surface area contributed by atoms with Gasteiger partial charge < -0.3 is 14.6 Å². The highest BCUT2D eigenvalue weighted by molar-refractivity contribution is 5.85. The van der Waals surface area contributed by atoms with Crippen molar-refractivity contribution in [3.8, 4) is 11.3 Å². The van der Waals surface area contributed by atoms with Crippen molar-refractivity contribution in [3.05, 3.63) is 42.0 Å². The van der Waals surface area contributed by atoms with Gasteiger partial charge in [-0.3, -0.25) is 4.79 Å². The van der Waals surface area contributed by atoms with Crippen LogP contribution >= 0.6 is 12.4 Å². The quantitative estimate of drug-likeness (QED) is 0.878. The van der Waals surface area contributed by atoms with Crippen LogP contribution in [0.2, 0.25) is 0 Å². The van der Waals surface area contributed by atoms with Crippen molar-refractivity contribution in [2.24, 2.45) is 0 Å². The van der Waals surface area contributed by atoms with E-state index in [2.05, 4.69) is 19.2 Å². The first-order valence-electron chi connectivity index (χ1n) is 8.62. The van der Waals surface area contributed by atoms with Gasteiger partial charge in [-0.1, -0.05) is 44.2 Å². The summed E-state index contributed by atoms with van der Waals surface area (Å²) in [5.41, 5.74) is 1.95. The Morgan fingerprint density at radius 2 is 2.08 bits per heavy atom. The Morgan fingerprint density at radius 3 is 2.72 bits per heavy atom. The summed E-state index contributed by atoms with van der Waals surface area (Å²) in [4.78, 5) is 19.0. The number of carbonyl (C=O) groups is 1. The predicted octanol–water partition coefficient (Wildman–Crippen LogP) is 3.77. The van der Waals surface area contributed by atoms with E-state index in [0.29, 0.717) is 12.4 Å². The van der Waals surface area contributed by atoms with E-state index >= 15 is 0 Å². The van der Waals surface area contributed by atoms with Gasteiger partial charge in [0.1, 0.15) is 17.5 Å². The highest BCUT2D eigenvalue weighted by atomic mass is 35.5. The molecule has 1 N–H and O–H groups in total. The Bertz CT molecular complexity index is 700. The summed E-state index contributed by atoms with van der Waals surface area (Å²) in [5.74, 6) is 1.90. The Morgan fingerprint density at radius 1 is 1.36 bits per heavy atom. The normalized spacial score (nSPS) is 17.0. The van der Waals surface area contributed by atoms with Crippen molar-refractivity contribution in [2.45, 2.75) is 38.6 Å². The number of nitrogens with zero attached hydrogens (tertiary/aromatic N) is 2. The van der Waals surface area contributed by atoms with Crippen LogP contribution < -0.4 is 5.32 Å². The van der Waals surface area contributed by atoms with Crippen LogP contribution in [-0.4, -0.2) is 35.9 Å². The van der Waals surface area contributed by atoms with Gasteiger partial charge in [-0.2, -0.15) is 0 Å². The number of benzene rings is 1. The number of aromatic nitrogens is 1. The molecule has 0 spiro atoms. The van der Waals surface area contributed by atoms with Gasteiger partial charge in [0.05, 0.1) is 6.54 Å². The van der Waals surface area contributed by atoms with E-state index in [9.17, 15) is 4.79 Å². The molecule has 0 aliphatic carbocycles. The maximum atomic E-state index is 12.3. The number of hydrogen-bond acceptors (Lipinski definition) is 4. The van der Waals surface area contributed by atoms with E-state index in [1.165, 1.54) is 0 Å². The summed E-state index contributed by atoms with van der Waals surface area (Å²) < 4.78 is 6.15. The Labute approximate surface area is 155 Å². The molecule has 1 unspecified atom stereocenters. The number of carbonyl (C=O) groups excluding carboxylic acids is 1. The second kappa shape index (κ2) is 8.50. The van der Waals surface area contributed by atoms with Crippen LogP contribution in [0.5, 0.6) is 0 Å². The first kappa shape index (κ1) is 19.5. The van der Waals surface area contributed by atoms with Crippen molar-refractivity contribution >= 4 is 18.3 Å². The topological polar surface area (TPSA) is 58.4 Å². The van der Waals surface area contributed by atoms with Crippen molar-refractivity contribution in [2.75, 3.05) is 20.1 Å². The average Bonchev–Trinajstić information content (AvgIpc) is 3.22. The van der Waals surface area contributed by atoms with Crippen molar-refractivity contribution in [1.82, 2.24) is 15.2 Å². The molecule has 1 aliphatic rings. The van der Waals surface area contributed by atoms with Crippen LogP contribution in [0.15, 0.2) is 34.7 Å². The summed E-state index contributed by atoms with van der Waals surface area (Å²) >= 11 is 0. The maximum absolute atomic E-state index is 12.3. The summed E-state index contributed by atoms with van der Waals surface area (Å²) in [6, 6.07) is 10.0. The lowest BCUT2D eigenvalue weighted by Crippen LogP contribution is -2.36. The minimum absolute atomic E-state index is 0. The molecule has 1 atom stereocenters. The number of likely N-dealkylation sites (tertiary alicyclic amines) is 1. The molecule has 6 heteroatoms. The van der Waals surface area contributed by atoms with Crippen molar-refractivity contribution in [1.29, 1.82) is 0 Å². The summed E-state index contributed by atoms with van der Waals surface area (Å²) in [6.07, 6.45) is 1.89. The predicted molar refractivity (Wildman–Crippen MR) is 101 cm³/mol. The molecular weight excluding hydrogens is 338 g/mol. The minimum atomic E-state index is -0.0548. The van der Waals surface area contributed by atoms with Crippen molar-refractivity contribution < 1.29 is 9.21 Å². The molecular formula is C19H26ClN3O2. The first-order valence-corrected chi connectivity index (χ1v) is 8.62. The van der Waals surface area contributed by atoms with Crippen LogP contribution in [0.4, 0.5) is 0 Å². The third-order valence-electron chi connectivity index (χ3n) is 4.43.